The van der Waals surface area contributed by atoms with Crippen LogP contribution in [-0.4, -0.2) is 54.8 Å². The van der Waals surface area contributed by atoms with E-state index in [-0.39, 0.29) is 11.5 Å². The van der Waals surface area contributed by atoms with Gasteiger partial charge in [0.15, 0.2) is 5.76 Å². The Morgan fingerprint density at radius 2 is 1.94 bits per heavy atom. The Labute approximate surface area is 190 Å². The molecule has 0 radical (unpaired) electrons. The minimum Gasteiger partial charge on any atom is -0.497 e. The number of carbonyl (C=O) groups is 2. The van der Waals surface area contributed by atoms with Crippen molar-refractivity contribution in [3.05, 3.63) is 59.0 Å². The summed E-state index contributed by atoms with van der Waals surface area (Å²) in [6, 6.07) is 9.08. The predicted molar refractivity (Wildman–Crippen MR) is 122 cm³/mol. The van der Waals surface area contributed by atoms with Crippen molar-refractivity contribution in [3.8, 4) is 17.2 Å². The van der Waals surface area contributed by atoms with Crippen molar-refractivity contribution < 1.29 is 28.5 Å². The molecule has 8 heteroatoms. The van der Waals surface area contributed by atoms with E-state index < -0.39 is 6.09 Å². The van der Waals surface area contributed by atoms with E-state index in [1.165, 1.54) is 0 Å². The SMILES string of the molecule is COc1ccc2c(c1)c(C=C1Oc3c(ccc(OC(=O)N4CCOCC4)c3C)C1=O)cn2C. The number of ether oxygens (including phenoxy) is 4. The largest absolute Gasteiger partial charge is 0.497 e. The molecule has 0 N–H and O–H groups in total. The van der Waals surface area contributed by atoms with Crippen LogP contribution in [0.25, 0.3) is 17.0 Å². The average molecular weight is 448 g/mol. The first-order chi connectivity index (χ1) is 16.0. The van der Waals surface area contributed by atoms with Crippen LogP contribution in [0.5, 0.6) is 17.2 Å². The number of hydrogen-bond acceptors (Lipinski definition) is 6. The van der Waals surface area contributed by atoms with Crippen molar-refractivity contribution in [1.82, 2.24) is 9.47 Å². The van der Waals surface area contributed by atoms with Gasteiger partial charge in [0.2, 0.25) is 5.78 Å². The van der Waals surface area contributed by atoms with Gasteiger partial charge in [-0.15, -0.1) is 0 Å². The highest BCUT2D eigenvalue weighted by atomic mass is 16.6. The lowest BCUT2D eigenvalue weighted by Crippen LogP contribution is -2.42. The number of amides is 1. The van der Waals surface area contributed by atoms with Crippen LogP contribution in [0.4, 0.5) is 4.79 Å². The molecular weight excluding hydrogens is 424 g/mol. The summed E-state index contributed by atoms with van der Waals surface area (Å²) in [7, 11) is 3.57. The molecule has 0 aliphatic carbocycles. The Morgan fingerprint density at radius 3 is 2.70 bits per heavy atom. The number of nitrogens with zero attached hydrogens (tertiary/aromatic N) is 2. The molecule has 3 aromatic rings. The molecule has 0 spiro atoms. The van der Waals surface area contributed by atoms with Gasteiger partial charge in [0, 0.05) is 48.4 Å². The van der Waals surface area contributed by atoms with Crippen LogP contribution in [-0.2, 0) is 11.8 Å². The number of ketones is 1. The molecular formula is C25H24N2O6. The smallest absolute Gasteiger partial charge is 0.415 e. The molecule has 0 bridgehead atoms. The van der Waals surface area contributed by atoms with Crippen molar-refractivity contribution in [2.75, 3.05) is 33.4 Å². The van der Waals surface area contributed by atoms with Gasteiger partial charge in [0.1, 0.15) is 17.2 Å². The van der Waals surface area contributed by atoms with Crippen molar-refractivity contribution in [2.45, 2.75) is 6.92 Å². The monoisotopic (exact) mass is 448 g/mol. The van der Waals surface area contributed by atoms with Gasteiger partial charge in [-0.2, -0.15) is 0 Å². The van der Waals surface area contributed by atoms with E-state index in [1.54, 1.807) is 37.1 Å². The zero-order valence-electron chi connectivity index (χ0n) is 18.7. The van der Waals surface area contributed by atoms with Gasteiger partial charge in [-0.3, -0.25) is 4.79 Å². The maximum Gasteiger partial charge on any atom is 0.415 e. The predicted octanol–water partition coefficient (Wildman–Crippen LogP) is 3.94. The summed E-state index contributed by atoms with van der Waals surface area (Å²) < 4.78 is 24.2. The minimum absolute atomic E-state index is 0.209. The first kappa shape index (κ1) is 21.1. The third-order valence-electron chi connectivity index (χ3n) is 6.02. The molecule has 1 amide bonds. The maximum absolute atomic E-state index is 13.0. The summed E-state index contributed by atoms with van der Waals surface area (Å²) in [4.78, 5) is 27.1. The van der Waals surface area contributed by atoms with Gasteiger partial charge in [0.05, 0.1) is 25.9 Å². The number of aromatic nitrogens is 1. The molecule has 1 aromatic heterocycles. The number of rotatable bonds is 3. The van der Waals surface area contributed by atoms with E-state index >= 15 is 0 Å². The highest BCUT2D eigenvalue weighted by Crippen LogP contribution is 2.40. The molecule has 170 valence electrons. The number of hydrogen-bond donors (Lipinski definition) is 0. The molecule has 0 unspecified atom stereocenters. The van der Waals surface area contributed by atoms with Crippen LogP contribution in [0.1, 0.15) is 21.5 Å². The average Bonchev–Trinajstić information content (AvgIpc) is 3.32. The van der Waals surface area contributed by atoms with Crippen molar-refractivity contribution >= 4 is 28.9 Å². The maximum atomic E-state index is 13.0. The molecule has 2 aliphatic rings. The highest BCUT2D eigenvalue weighted by molar-refractivity contribution is 6.15. The second kappa shape index (κ2) is 8.29. The molecule has 8 nitrogen and oxygen atoms in total. The molecule has 3 heterocycles. The number of morpholine rings is 1. The normalized spacial score (nSPS) is 16.8. The molecule has 33 heavy (non-hydrogen) atoms. The zero-order valence-corrected chi connectivity index (χ0v) is 18.7. The van der Waals surface area contributed by atoms with Crippen molar-refractivity contribution in [3.63, 3.8) is 0 Å². The summed E-state index contributed by atoms with van der Waals surface area (Å²) >= 11 is 0. The van der Waals surface area contributed by atoms with Crippen LogP contribution in [0, 0.1) is 6.92 Å². The van der Waals surface area contributed by atoms with Gasteiger partial charge < -0.3 is 28.4 Å². The van der Waals surface area contributed by atoms with Gasteiger partial charge in [-0.05, 0) is 43.3 Å². The van der Waals surface area contributed by atoms with Crippen LogP contribution >= 0.6 is 0 Å². The fourth-order valence-corrected chi connectivity index (χ4v) is 4.17. The number of aryl methyl sites for hydroxylation is 1. The molecule has 1 fully saturated rings. The lowest BCUT2D eigenvalue weighted by molar-refractivity contribution is 0.0415. The lowest BCUT2D eigenvalue weighted by atomic mass is 10.1. The van der Waals surface area contributed by atoms with E-state index in [0.29, 0.717) is 48.9 Å². The van der Waals surface area contributed by atoms with Gasteiger partial charge in [0.25, 0.3) is 0 Å². The van der Waals surface area contributed by atoms with Crippen molar-refractivity contribution in [2.24, 2.45) is 7.05 Å². The Hall–Kier alpha value is -3.78. The van der Waals surface area contributed by atoms with Crippen molar-refractivity contribution in [1.29, 1.82) is 0 Å². The minimum atomic E-state index is -0.439. The molecule has 2 aliphatic heterocycles. The molecule has 5 rings (SSSR count). The summed E-state index contributed by atoms with van der Waals surface area (Å²) in [5.41, 5.74) is 2.91. The van der Waals surface area contributed by atoms with Crippen LogP contribution < -0.4 is 14.2 Å². The third-order valence-corrected chi connectivity index (χ3v) is 6.02. The summed E-state index contributed by atoms with van der Waals surface area (Å²) in [6.45, 7) is 3.73. The number of allylic oxidation sites excluding steroid dienone is 1. The van der Waals surface area contributed by atoms with E-state index in [1.807, 2.05) is 36.0 Å². The second-order valence-electron chi connectivity index (χ2n) is 8.05. The van der Waals surface area contributed by atoms with Gasteiger partial charge >= 0.3 is 6.09 Å². The molecule has 0 atom stereocenters. The van der Waals surface area contributed by atoms with Crippen LogP contribution in [0.15, 0.2) is 42.3 Å². The van der Waals surface area contributed by atoms with E-state index in [4.69, 9.17) is 18.9 Å². The van der Waals surface area contributed by atoms with E-state index in [0.717, 1.165) is 22.2 Å². The van der Waals surface area contributed by atoms with E-state index in [9.17, 15) is 9.59 Å². The zero-order chi connectivity index (χ0) is 23.1. The first-order valence-corrected chi connectivity index (χ1v) is 10.7. The Bertz CT molecular complexity index is 1300. The summed E-state index contributed by atoms with van der Waals surface area (Å²) in [5, 5.41) is 0.952. The fraction of sp³-hybridized carbons (Fsp3) is 0.280. The molecule has 1 saturated heterocycles. The fourth-order valence-electron chi connectivity index (χ4n) is 4.17. The van der Waals surface area contributed by atoms with E-state index in [2.05, 4.69) is 0 Å². The Kier molecular flexibility index (Phi) is 5.30. The summed E-state index contributed by atoms with van der Waals surface area (Å²) in [5.74, 6) is 1.53. The summed E-state index contributed by atoms with van der Waals surface area (Å²) in [6.07, 6.45) is 3.24. The lowest BCUT2D eigenvalue weighted by Gasteiger charge is -2.26. The van der Waals surface area contributed by atoms with Crippen LogP contribution in [0.3, 0.4) is 0 Å². The Morgan fingerprint density at radius 1 is 1.15 bits per heavy atom. The number of carbonyl (C=O) groups excluding carboxylic acids is 2. The number of fused-ring (bicyclic) bond motifs is 2. The third kappa shape index (κ3) is 3.72. The van der Waals surface area contributed by atoms with Gasteiger partial charge in [-0.1, -0.05) is 0 Å². The first-order valence-electron chi connectivity index (χ1n) is 10.7. The topological polar surface area (TPSA) is 79.2 Å². The Balaban J connectivity index is 1.44. The standard InChI is InChI=1S/C25H24N2O6/c1-15-21(33-25(29)27-8-10-31-11-9-27)7-5-18-23(28)22(32-24(15)18)12-16-14-26(2)20-6-4-17(30-3)13-19(16)20/h4-7,12-14H,8-11H2,1-3H3. The number of benzene rings is 2. The molecule has 0 saturated carbocycles. The highest BCUT2D eigenvalue weighted by Gasteiger charge is 2.31. The number of methoxy groups -OCH3 is 1. The second-order valence-corrected chi connectivity index (χ2v) is 8.05. The van der Waals surface area contributed by atoms with Gasteiger partial charge in [-0.25, -0.2) is 4.79 Å². The molecule has 2 aromatic carbocycles. The number of Topliss-reactive ketones (excluding diaryl/α,β-unsaturated/α-hetero) is 1. The van der Waals surface area contributed by atoms with Crippen LogP contribution in [0.2, 0.25) is 0 Å². The quantitative estimate of drug-likeness (QED) is 0.565.